The minimum absolute atomic E-state index is 0.284. The number of amides is 1. The van der Waals surface area contributed by atoms with Crippen molar-refractivity contribution in [3.63, 3.8) is 0 Å². The molecule has 1 N–H and O–H groups in total. The molecular weight excluding hydrogens is 466 g/mol. The Morgan fingerprint density at radius 3 is 2.43 bits per heavy atom. The van der Waals surface area contributed by atoms with Crippen LogP contribution >= 0.6 is 0 Å². The molecule has 1 aromatic carbocycles. The fourth-order valence-electron chi connectivity index (χ4n) is 5.35. The van der Waals surface area contributed by atoms with Crippen molar-refractivity contribution in [3.05, 3.63) is 71.3 Å². The van der Waals surface area contributed by atoms with E-state index < -0.39 is 5.41 Å². The highest BCUT2D eigenvalue weighted by Gasteiger charge is 2.40. The molecule has 3 aromatic rings. The molecular formula is C28H29N7O2. The molecule has 1 saturated carbocycles. The average Bonchev–Trinajstić information content (AvgIpc) is 3.35. The first-order valence-corrected chi connectivity index (χ1v) is 12.6. The third kappa shape index (κ3) is 4.97. The van der Waals surface area contributed by atoms with Crippen molar-refractivity contribution in [1.29, 1.82) is 10.5 Å². The molecule has 1 amide bonds. The largest absolute Gasteiger partial charge is 0.379 e. The number of nitrogens with zero attached hydrogens (tertiary/aromatic N) is 6. The maximum atomic E-state index is 13.0. The van der Waals surface area contributed by atoms with Gasteiger partial charge in [0.25, 0.3) is 5.91 Å². The highest BCUT2D eigenvalue weighted by atomic mass is 16.5. The fourth-order valence-corrected chi connectivity index (χ4v) is 5.35. The molecule has 2 aromatic heterocycles. The summed E-state index contributed by atoms with van der Waals surface area (Å²) in [7, 11) is 0. The van der Waals surface area contributed by atoms with Crippen LogP contribution < -0.4 is 5.32 Å². The number of nitrogens with one attached hydrogen (secondary N) is 1. The zero-order valence-electron chi connectivity index (χ0n) is 20.9. The average molecular weight is 496 g/mol. The molecule has 5 rings (SSSR count). The second-order valence-corrected chi connectivity index (χ2v) is 9.67. The highest BCUT2D eigenvalue weighted by molar-refractivity contribution is 6.04. The van der Waals surface area contributed by atoms with Crippen molar-refractivity contribution in [3.8, 4) is 17.8 Å². The maximum Gasteiger partial charge on any atom is 0.259 e. The molecule has 0 radical (unpaired) electrons. The second kappa shape index (κ2) is 10.5. The van der Waals surface area contributed by atoms with Crippen LogP contribution in [0.25, 0.3) is 5.69 Å². The summed E-state index contributed by atoms with van der Waals surface area (Å²) in [5.41, 5.74) is 3.20. The van der Waals surface area contributed by atoms with E-state index in [4.69, 9.17) is 10.00 Å². The first kappa shape index (κ1) is 24.6. The van der Waals surface area contributed by atoms with E-state index in [0.29, 0.717) is 28.6 Å². The Balaban J connectivity index is 1.24. The summed E-state index contributed by atoms with van der Waals surface area (Å²) in [6.45, 7) is 5.31. The number of aromatic nitrogens is 3. The van der Waals surface area contributed by atoms with Gasteiger partial charge in [-0.15, -0.1) is 0 Å². The van der Waals surface area contributed by atoms with E-state index >= 15 is 0 Å². The summed E-state index contributed by atoms with van der Waals surface area (Å²) >= 11 is 0. The highest BCUT2D eigenvalue weighted by Crippen LogP contribution is 2.40. The lowest BCUT2D eigenvalue weighted by molar-refractivity contribution is 0.00493. The van der Waals surface area contributed by atoms with Gasteiger partial charge < -0.3 is 10.1 Å². The fraction of sp³-hybridized carbons (Fsp3) is 0.393. The molecule has 0 atom stereocenters. The number of rotatable bonds is 5. The maximum absolute atomic E-state index is 13.0. The summed E-state index contributed by atoms with van der Waals surface area (Å²) in [5, 5.41) is 26.3. The Morgan fingerprint density at radius 1 is 1.08 bits per heavy atom. The Morgan fingerprint density at radius 2 is 1.81 bits per heavy atom. The van der Waals surface area contributed by atoms with E-state index in [1.54, 1.807) is 35.1 Å². The molecule has 2 aliphatic rings. The molecule has 37 heavy (non-hydrogen) atoms. The molecule has 1 aliphatic heterocycles. The predicted octanol–water partition coefficient (Wildman–Crippen LogP) is 3.74. The lowest BCUT2D eigenvalue weighted by atomic mass is 9.71. The number of carbonyl (C=O) groups is 1. The van der Waals surface area contributed by atoms with Gasteiger partial charge in [-0.3, -0.25) is 14.7 Å². The summed E-state index contributed by atoms with van der Waals surface area (Å²) in [6.07, 6.45) is 6.64. The minimum Gasteiger partial charge on any atom is -0.379 e. The molecule has 9 heteroatoms. The zero-order valence-corrected chi connectivity index (χ0v) is 20.9. The van der Waals surface area contributed by atoms with E-state index in [-0.39, 0.29) is 5.91 Å². The van der Waals surface area contributed by atoms with Gasteiger partial charge in [0.15, 0.2) is 0 Å². The molecule has 188 valence electrons. The Kier molecular flexibility index (Phi) is 7.00. The van der Waals surface area contributed by atoms with Crippen LogP contribution in [-0.4, -0.2) is 57.9 Å². The number of pyridine rings is 1. The number of hydrogen-bond donors (Lipinski definition) is 1. The van der Waals surface area contributed by atoms with Crippen molar-refractivity contribution >= 4 is 11.6 Å². The standard InChI is InChI=1S/C28H29N7O2/c1-20-25(18-32-35(20)24-5-2-21(16-29)3-6-24)27(36)33-22-4-7-26(31-17-22)28(19-30)10-8-23(9-11-28)34-12-14-37-15-13-34/h2-7,17-18,23H,8-15H2,1H3,(H,33,36)/t23-,28-. The first-order valence-electron chi connectivity index (χ1n) is 12.6. The van der Waals surface area contributed by atoms with Crippen molar-refractivity contribution in [2.45, 2.75) is 44.1 Å². The van der Waals surface area contributed by atoms with Crippen molar-refractivity contribution in [2.75, 3.05) is 31.6 Å². The molecule has 3 heterocycles. The lowest BCUT2D eigenvalue weighted by Crippen LogP contribution is -2.47. The van der Waals surface area contributed by atoms with Crippen molar-refractivity contribution in [1.82, 2.24) is 19.7 Å². The molecule has 0 unspecified atom stereocenters. The van der Waals surface area contributed by atoms with Gasteiger partial charge >= 0.3 is 0 Å². The van der Waals surface area contributed by atoms with Gasteiger partial charge in [0, 0.05) is 19.1 Å². The van der Waals surface area contributed by atoms with Crippen molar-refractivity contribution < 1.29 is 9.53 Å². The van der Waals surface area contributed by atoms with Gasteiger partial charge in [-0.1, -0.05) is 0 Å². The molecule has 9 nitrogen and oxygen atoms in total. The molecule has 1 aliphatic carbocycles. The molecule has 1 saturated heterocycles. The van der Waals surface area contributed by atoms with Crippen LogP contribution in [0.3, 0.4) is 0 Å². The van der Waals surface area contributed by atoms with E-state index in [9.17, 15) is 10.1 Å². The van der Waals surface area contributed by atoms with Crippen LogP contribution in [0.15, 0.2) is 48.8 Å². The Hall–Kier alpha value is -4.05. The van der Waals surface area contributed by atoms with E-state index in [1.807, 2.05) is 19.1 Å². The quantitative estimate of drug-likeness (QED) is 0.573. The third-order valence-corrected chi connectivity index (χ3v) is 7.59. The summed E-state index contributed by atoms with van der Waals surface area (Å²) in [5.74, 6) is -0.284. The number of anilines is 1. The third-order valence-electron chi connectivity index (χ3n) is 7.59. The normalized spacial score (nSPS) is 22.1. The summed E-state index contributed by atoms with van der Waals surface area (Å²) < 4.78 is 7.14. The molecule has 2 fully saturated rings. The SMILES string of the molecule is Cc1c(C(=O)Nc2ccc([C@]3(C#N)CC[C@@H](N4CCOCC4)CC3)nc2)cnn1-c1ccc(C#N)cc1. The number of ether oxygens (including phenoxy) is 1. The van der Waals surface area contributed by atoms with Crippen molar-refractivity contribution in [2.24, 2.45) is 0 Å². The Labute approximate surface area is 216 Å². The number of morpholine rings is 1. The minimum atomic E-state index is -0.593. The Bertz CT molecular complexity index is 1340. The van der Waals surface area contributed by atoms with Crippen LogP contribution in [0.1, 0.15) is 53.0 Å². The topological polar surface area (TPSA) is 120 Å². The summed E-state index contributed by atoms with van der Waals surface area (Å²) in [6, 6.07) is 15.8. The van der Waals surface area contributed by atoms with E-state index in [2.05, 4.69) is 32.4 Å². The van der Waals surface area contributed by atoms with Gasteiger partial charge in [-0.05, 0) is 69.0 Å². The first-order chi connectivity index (χ1) is 18.0. The van der Waals surface area contributed by atoms with Crippen LogP contribution in [0.2, 0.25) is 0 Å². The van der Waals surface area contributed by atoms with Gasteiger partial charge in [0.05, 0.1) is 77.1 Å². The second-order valence-electron chi connectivity index (χ2n) is 9.67. The summed E-state index contributed by atoms with van der Waals surface area (Å²) in [4.78, 5) is 20.1. The molecule has 0 bridgehead atoms. The van der Waals surface area contributed by atoms with Crippen LogP contribution in [0.5, 0.6) is 0 Å². The lowest BCUT2D eigenvalue weighted by Gasteiger charge is -2.41. The van der Waals surface area contributed by atoms with Crippen LogP contribution in [-0.2, 0) is 10.2 Å². The predicted molar refractivity (Wildman–Crippen MR) is 137 cm³/mol. The van der Waals surface area contributed by atoms with Gasteiger partial charge in [0.2, 0.25) is 0 Å². The smallest absolute Gasteiger partial charge is 0.259 e. The zero-order chi connectivity index (χ0) is 25.8. The number of carbonyl (C=O) groups excluding carboxylic acids is 1. The van der Waals surface area contributed by atoms with Crippen LogP contribution in [0, 0.1) is 29.6 Å². The monoisotopic (exact) mass is 495 g/mol. The van der Waals surface area contributed by atoms with Gasteiger partial charge in [-0.25, -0.2) is 4.68 Å². The number of benzene rings is 1. The van der Waals surface area contributed by atoms with E-state index in [0.717, 1.165) is 63.4 Å². The van der Waals surface area contributed by atoms with E-state index in [1.165, 1.54) is 6.20 Å². The number of hydrogen-bond acceptors (Lipinski definition) is 7. The number of nitriles is 2. The van der Waals surface area contributed by atoms with Gasteiger partial charge in [0.1, 0.15) is 0 Å². The van der Waals surface area contributed by atoms with Crippen LogP contribution in [0.4, 0.5) is 5.69 Å². The van der Waals surface area contributed by atoms with Gasteiger partial charge in [-0.2, -0.15) is 15.6 Å². The molecule has 0 spiro atoms.